The molecular formula is C20H25NO3. The van der Waals surface area contributed by atoms with Crippen molar-refractivity contribution in [3.05, 3.63) is 35.6 Å². The van der Waals surface area contributed by atoms with Gasteiger partial charge in [0.05, 0.1) is 13.0 Å². The van der Waals surface area contributed by atoms with Gasteiger partial charge in [-0.1, -0.05) is 24.6 Å². The Bertz CT molecular complexity index is 704. The number of allylic oxidation sites excluding steroid dienone is 4. The van der Waals surface area contributed by atoms with Gasteiger partial charge in [-0.15, -0.1) is 0 Å². The minimum absolute atomic E-state index is 0.00123. The number of ether oxygens (including phenoxy) is 1. The van der Waals surface area contributed by atoms with Gasteiger partial charge in [-0.25, -0.2) is 0 Å². The van der Waals surface area contributed by atoms with E-state index in [2.05, 4.69) is 37.4 Å². The van der Waals surface area contributed by atoms with E-state index in [1.54, 1.807) is 6.08 Å². The molecule has 2 fully saturated rings. The van der Waals surface area contributed by atoms with Crippen LogP contribution in [0.5, 0.6) is 0 Å². The molecule has 1 heterocycles. The minimum atomic E-state index is -0.136. The summed E-state index contributed by atoms with van der Waals surface area (Å²) in [6, 6.07) is 0. The smallest absolute Gasteiger partial charge is 0.309 e. The summed E-state index contributed by atoms with van der Waals surface area (Å²) in [5.41, 5.74) is 2.33. The van der Waals surface area contributed by atoms with E-state index in [9.17, 15) is 9.59 Å². The fourth-order valence-corrected chi connectivity index (χ4v) is 5.76. The first-order valence-electron chi connectivity index (χ1n) is 8.90. The highest BCUT2D eigenvalue weighted by atomic mass is 16.5. The van der Waals surface area contributed by atoms with E-state index in [4.69, 9.17) is 4.74 Å². The highest BCUT2D eigenvalue weighted by Crippen LogP contribution is 2.63. The lowest BCUT2D eigenvalue weighted by atomic mass is 9.53. The molecule has 1 aliphatic heterocycles. The van der Waals surface area contributed by atoms with Crippen LogP contribution in [0, 0.1) is 28.6 Å². The summed E-state index contributed by atoms with van der Waals surface area (Å²) >= 11 is 0. The Balaban J connectivity index is 1.73. The fraction of sp³-hybridized carbons (Fsp3) is 0.600. The maximum Gasteiger partial charge on any atom is 0.309 e. The largest absolute Gasteiger partial charge is 0.469 e. The molecule has 0 spiro atoms. The van der Waals surface area contributed by atoms with Crippen molar-refractivity contribution in [2.24, 2.45) is 28.6 Å². The Labute approximate surface area is 143 Å². The normalized spacial score (nSPS) is 43.0. The zero-order valence-corrected chi connectivity index (χ0v) is 14.6. The zero-order chi connectivity index (χ0) is 17.1. The maximum atomic E-state index is 12.2. The molecular weight excluding hydrogens is 302 g/mol. The van der Waals surface area contributed by atoms with Crippen LogP contribution in [0.15, 0.2) is 35.6 Å². The molecule has 0 saturated heterocycles. The molecule has 4 rings (SSSR count). The average Bonchev–Trinajstić information content (AvgIpc) is 2.92. The lowest BCUT2D eigenvalue weighted by Crippen LogP contribution is -2.48. The van der Waals surface area contributed by atoms with Gasteiger partial charge < -0.3 is 10.1 Å². The summed E-state index contributed by atoms with van der Waals surface area (Å²) in [5.74, 6) is 0.754. The number of hydrogen-bond acceptors (Lipinski definition) is 3. The van der Waals surface area contributed by atoms with Crippen LogP contribution in [0.2, 0.25) is 0 Å². The number of hydrogen-bond donors (Lipinski definition) is 1. The van der Waals surface area contributed by atoms with Crippen molar-refractivity contribution in [1.82, 2.24) is 5.32 Å². The Kier molecular flexibility index (Phi) is 3.32. The van der Waals surface area contributed by atoms with Crippen LogP contribution >= 0.6 is 0 Å². The van der Waals surface area contributed by atoms with Gasteiger partial charge in [-0.2, -0.15) is 0 Å². The molecule has 3 aliphatic carbocycles. The van der Waals surface area contributed by atoms with E-state index in [-0.39, 0.29) is 28.6 Å². The first-order chi connectivity index (χ1) is 11.4. The predicted octanol–water partition coefficient (Wildman–Crippen LogP) is 3.12. The molecule has 24 heavy (non-hydrogen) atoms. The van der Waals surface area contributed by atoms with Crippen molar-refractivity contribution in [3.8, 4) is 0 Å². The second-order valence-electron chi connectivity index (χ2n) is 8.16. The van der Waals surface area contributed by atoms with Gasteiger partial charge in [0.15, 0.2) is 0 Å². The lowest BCUT2D eigenvalue weighted by molar-refractivity contribution is -0.150. The highest BCUT2D eigenvalue weighted by molar-refractivity contribution is 5.91. The van der Waals surface area contributed by atoms with Crippen molar-refractivity contribution in [2.75, 3.05) is 7.11 Å². The molecule has 1 unspecified atom stereocenters. The van der Waals surface area contributed by atoms with Gasteiger partial charge in [0.25, 0.3) is 0 Å². The molecule has 4 nitrogen and oxygen atoms in total. The molecule has 4 heteroatoms. The number of fused-ring (bicyclic) bond motifs is 5. The fourth-order valence-electron chi connectivity index (χ4n) is 5.76. The maximum absolute atomic E-state index is 12.2. The van der Waals surface area contributed by atoms with Crippen LogP contribution in [0.25, 0.3) is 0 Å². The van der Waals surface area contributed by atoms with Crippen LogP contribution in [-0.4, -0.2) is 19.0 Å². The molecule has 4 aliphatic rings. The third kappa shape index (κ3) is 1.92. The molecule has 1 N–H and O–H groups in total. The summed E-state index contributed by atoms with van der Waals surface area (Å²) in [5, 5.41) is 3.01. The van der Waals surface area contributed by atoms with Crippen LogP contribution in [0.1, 0.15) is 39.5 Å². The van der Waals surface area contributed by atoms with Crippen LogP contribution in [0.4, 0.5) is 0 Å². The van der Waals surface area contributed by atoms with Gasteiger partial charge in [0.2, 0.25) is 5.91 Å². The van der Waals surface area contributed by atoms with Crippen molar-refractivity contribution < 1.29 is 14.3 Å². The minimum Gasteiger partial charge on any atom is -0.469 e. The number of carbonyl (C=O) groups is 2. The van der Waals surface area contributed by atoms with Crippen molar-refractivity contribution in [3.63, 3.8) is 0 Å². The average molecular weight is 327 g/mol. The van der Waals surface area contributed by atoms with E-state index < -0.39 is 0 Å². The van der Waals surface area contributed by atoms with Crippen molar-refractivity contribution in [1.29, 1.82) is 0 Å². The van der Waals surface area contributed by atoms with Crippen LogP contribution in [0.3, 0.4) is 0 Å². The Morgan fingerprint density at radius 1 is 1.21 bits per heavy atom. The van der Waals surface area contributed by atoms with Crippen molar-refractivity contribution >= 4 is 11.9 Å². The second-order valence-corrected chi connectivity index (χ2v) is 8.16. The first-order valence-corrected chi connectivity index (χ1v) is 8.90. The number of nitrogens with one attached hydrogen (secondary N) is 1. The van der Waals surface area contributed by atoms with E-state index in [0.29, 0.717) is 11.8 Å². The first kappa shape index (κ1) is 15.7. The van der Waals surface area contributed by atoms with E-state index in [1.807, 2.05) is 0 Å². The van der Waals surface area contributed by atoms with Gasteiger partial charge in [-0.3, -0.25) is 9.59 Å². The van der Waals surface area contributed by atoms with Crippen molar-refractivity contribution in [2.45, 2.75) is 39.5 Å². The standard InChI is InChI=1S/C20H25NO3/c1-19-10-8-14-12(13(19)5-6-15(19)18(23)24-3)4-7-16-20(14,2)11-9-17(22)21-16/h4,7,9,11,13-15H,5-6,8,10H2,1-3H3,(H,21,22)/t13-,14-,15?,19-,20+/m0/s1. The summed E-state index contributed by atoms with van der Waals surface area (Å²) in [4.78, 5) is 23.9. The highest BCUT2D eigenvalue weighted by Gasteiger charge is 2.57. The van der Waals surface area contributed by atoms with Gasteiger partial charge in [-0.05, 0) is 55.9 Å². The second kappa shape index (κ2) is 5.08. The molecule has 0 aromatic rings. The molecule has 2 saturated carbocycles. The zero-order valence-electron chi connectivity index (χ0n) is 14.6. The summed E-state index contributed by atoms with van der Waals surface area (Å²) in [6.45, 7) is 4.49. The molecule has 0 bridgehead atoms. The quantitative estimate of drug-likeness (QED) is 0.753. The SMILES string of the molecule is COC(=O)C1CC[C@H]2C3=CC=C4NC(=O)C=C[C@]4(C)[C@H]3CC[C@]12C. The van der Waals surface area contributed by atoms with E-state index in [0.717, 1.165) is 31.4 Å². The van der Waals surface area contributed by atoms with Gasteiger partial charge in [0.1, 0.15) is 0 Å². The van der Waals surface area contributed by atoms with Gasteiger partial charge in [0, 0.05) is 17.2 Å². The topological polar surface area (TPSA) is 55.4 Å². The molecule has 0 radical (unpaired) electrons. The number of methoxy groups -OCH3 is 1. The number of esters is 1. The predicted molar refractivity (Wildman–Crippen MR) is 90.6 cm³/mol. The Morgan fingerprint density at radius 2 is 2.00 bits per heavy atom. The molecule has 1 amide bonds. The summed E-state index contributed by atoms with van der Waals surface area (Å²) < 4.78 is 5.07. The van der Waals surface area contributed by atoms with E-state index >= 15 is 0 Å². The molecule has 5 atom stereocenters. The Morgan fingerprint density at radius 3 is 2.75 bits per heavy atom. The van der Waals surface area contributed by atoms with Crippen LogP contribution in [-0.2, 0) is 14.3 Å². The van der Waals surface area contributed by atoms with Gasteiger partial charge >= 0.3 is 5.97 Å². The van der Waals surface area contributed by atoms with E-state index in [1.165, 1.54) is 12.7 Å². The number of rotatable bonds is 1. The summed E-state index contributed by atoms with van der Waals surface area (Å²) in [6.07, 6.45) is 12.1. The molecule has 0 aromatic carbocycles. The third-order valence-electron chi connectivity index (χ3n) is 7.18. The van der Waals surface area contributed by atoms with Crippen LogP contribution < -0.4 is 5.32 Å². The number of amides is 1. The lowest BCUT2D eigenvalue weighted by Gasteiger charge is -2.52. The third-order valence-corrected chi connectivity index (χ3v) is 7.18. The molecule has 128 valence electrons. The summed E-state index contributed by atoms with van der Waals surface area (Å²) in [7, 11) is 1.50. The number of carbonyl (C=O) groups excluding carboxylic acids is 2. The Hall–Kier alpha value is -1.84. The molecule has 0 aromatic heterocycles. The monoisotopic (exact) mass is 327 g/mol.